The molecule has 0 spiro atoms. The lowest BCUT2D eigenvalue weighted by atomic mass is 9.80. The van der Waals surface area contributed by atoms with Crippen LogP contribution in [0.25, 0.3) is 0 Å². The van der Waals surface area contributed by atoms with Crippen molar-refractivity contribution >= 4 is 18.7 Å². The van der Waals surface area contributed by atoms with Crippen molar-refractivity contribution in [1.82, 2.24) is 0 Å². The number of benzene rings is 5. The molecule has 5 aromatic carbocycles. The topological polar surface area (TPSA) is 18.5 Å². The first-order chi connectivity index (χ1) is 21.4. The van der Waals surface area contributed by atoms with Crippen molar-refractivity contribution in [1.29, 1.82) is 0 Å². The second kappa shape index (κ2) is 12.9. The van der Waals surface area contributed by atoms with Gasteiger partial charge in [0.1, 0.15) is 5.60 Å². The van der Waals surface area contributed by atoms with Crippen molar-refractivity contribution < 1.29 is 9.16 Å². The van der Waals surface area contributed by atoms with E-state index in [1.807, 2.05) is 0 Å². The van der Waals surface area contributed by atoms with Gasteiger partial charge in [-0.1, -0.05) is 179 Å². The second-order valence-corrected chi connectivity index (χ2v) is 16.9. The molecule has 0 N–H and O–H groups in total. The van der Waals surface area contributed by atoms with E-state index in [9.17, 15) is 0 Å². The van der Waals surface area contributed by atoms with Gasteiger partial charge in [-0.2, -0.15) is 0 Å². The molecule has 3 heteroatoms. The van der Waals surface area contributed by atoms with Gasteiger partial charge in [-0.15, -0.1) is 0 Å². The fourth-order valence-corrected chi connectivity index (χ4v) is 11.6. The van der Waals surface area contributed by atoms with Crippen LogP contribution < -0.4 is 10.4 Å². The molecule has 0 heterocycles. The third-order valence-electron chi connectivity index (χ3n) is 8.98. The van der Waals surface area contributed by atoms with Crippen LogP contribution in [0.2, 0.25) is 5.04 Å². The van der Waals surface area contributed by atoms with Gasteiger partial charge in [0, 0.05) is 0 Å². The van der Waals surface area contributed by atoms with E-state index in [1.54, 1.807) is 0 Å². The lowest BCUT2D eigenvalue weighted by Gasteiger charge is -2.45. The summed E-state index contributed by atoms with van der Waals surface area (Å²) in [5, 5.41) is 2.52. The predicted molar refractivity (Wildman–Crippen MR) is 185 cm³/mol. The summed E-state index contributed by atoms with van der Waals surface area (Å²) in [5.41, 5.74) is 3.79. The molecule has 6 rings (SSSR count). The molecule has 44 heavy (non-hydrogen) atoms. The van der Waals surface area contributed by atoms with E-state index < -0.39 is 13.9 Å². The van der Waals surface area contributed by atoms with Crippen molar-refractivity contribution in [2.45, 2.75) is 50.4 Å². The first-order valence-electron chi connectivity index (χ1n) is 15.7. The molecule has 0 fully saturated rings. The van der Waals surface area contributed by atoms with E-state index in [1.165, 1.54) is 15.9 Å². The number of rotatable bonds is 10. The molecule has 1 unspecified atom stereocenters. The largest absolute Gasteiger partial charge is 0.401 e. The van der Waals surface area contributed by atoms with Gasteiger partial charge in [0.15, 0.2) is 0 Å². The van der Waals surface area contributed by atoms with Gasteiger partial charge < -0.3 is 9.16 Å². The molecule has 0 aromatic heterocycles. The molecule has 2 nitrogen and oxygen atoms in total. The third-order valence-corrected chi connectivity index (χ3v) is 14.0. The Morgan fingerprint density at radius 3 is 1.34 bits per heavy atom. The molecular weight excluding hydrogens is 553 g/mol. The first kappa shape index (κ1) is 30.0. The van der Waals surface area contributed by atoms with Gasteiger partial charge in [0.2, 0.25) is 0 Å². The van der Waals surface area contributed by atoms with Gasteiger partial charge in [-0.25, -0.2) is 0 Å². The molecule has 5 aromatic rings. The van der Waals surface area contributed by atoms with E-state index in [0.29, 0.717) is 6.61 Å². The van der Waals surface area contributed by atoms with Crippen LogP contribution in [0, 0.1) is 0 Å². The maximum atomic E-state index is 7.62. The molecule has 1 aliphatic rings. The smallest absolute Gasteiger partial charge is 0.261 e. The van der Waals surface area contributed by atoms with Crippen LogP contribution in [0.15, 0.2) is 163 Å². The summed E-state index contributed by atoms with van der Waals surface area (Å²) >= 11 is 0. The molecular formula is C41H42O2Si. The summed E-state index contributed by atoms with van der Waals surface area (Å²) in [6, 6.07) is 53.8. The van der Waals surface area contributed by atoms with Crippen LogP contribution in [-0.4, -0.2) is 21.0 Å². The molecule has 0 saturated carbocycles. The lowest BCUT2D eigenvalue weighted by Crippen LogP contribution is -2.67. The molecule has 0 bridgehead atoms. The van der Waals surface area contributed by atoms with Crippen LogP contribution in [0.4, 0.5) is 0 Å². The van der Waals surface area contributed by atoms with Crippen LogP contribution in [-0.2, 0) is 14.8 Å². The Morgan fingerprint density at radius 1 is 0.568 bits per heavy atom. The predicted octanol–water partition coefficient (Wildman–Crippen LogP) is 8.66. The van der Waals surface area contributed by atoms with Gasteiger partial charge in [0.05, 0.1) is 12.7 Å². The van der Waals surface area contributed by atoms with Crippen molar-refractivity contribution in [3.63, 3.8) is 0 Å². The molecule has 0 saturated heterocycles. The SMILES string of the molecule is CC(C)(C)[Si](OC1CCC=C1COC(c1ccccc1)(c1ccccc1)c1ccccc1)(c1ccccc1)c1ccccc1. The normalized spacial score (nSPS) is 15.6. The first-order valence-corrected chi connectivity index (χ1v) is 17.6. The second-order valence-electron chi connectivity index (χ2n) is 12.7. The van der Waals surface area contributed by atoms with E-state index in [0.717, 1.165) is 29.5 Å². The Bertz CT molecular complexity index is 1510. The minimum atomic E-state index is -2.72. The number of ether oxygens (including phenoxy) is 1. The third kappa shape index (κ3) is 5.64. The molecule has 1 atom stereocenters. The zero-order chi connectivity index (χ0) is 30.5. The Hall–Kier alpha value is -4.02. The molecule has 0 amide bonds. The quantitative estimate of drug-likeness (QED) is 0.0915. The maximum Gasteiger partial charge on any atom is 0.261 e. The highest BCUT2D eigenvalue weighted by Gasteiger charge is 2.52. The fraction of sp³-hybridized carbons (Fsp3) is 0.220. The standard InChI is InChI=1S/C41H42O2Si/c1-40(2,3)44(37-27-15-7-16-28-37,38-29-17-8-18-30-38)43-39-31-19-20-33(39)32-42-41(34-21-9-4-10-22-34,35-23-11-5-12-24-35)36-25-13-6-14-26-36/h4-18,20-30,39H,19,31-32H2,1-3H3. The fourth-order valence-electron chi connectivity index (χ4n) is 6.89. The van der Waals surface area contributed by atoms with Crippen LogP contribution >= 0.6 is 0 Å². The zero-order valence-electron chi connectivity index (χ0n) is 26.0. The average molecular weight is 595 g/mol. The average Bonchev–Trinajstić information content (AvgIpc) is 3.52. The highest BCUT2D eigenvalue weighted by atomic mass is 28.4. The van der Waals surface area contributed by atoms with E-state index in [2.05, 4.69) is 179 Å². The summed E-state index contributed by atoms with van der Waals surface area (Å²) in [5.74, 6) is 0. The van der Waals surface area contributed by atoms with Crippen molar-refractivity contribution in [3.8, 4) is 0 Å². The minimum absolute atomic E-state index is 0.0266. The Labute approximate surface area is 264 Å². The van der Waals surface area contributed by atoms with Crippen LogP contribution in [0.1, 0.15) is 50.3 Å². The lowest BCUT2D eigenvalue weighted by molar-refractivity contribution is 0.0209. The van der Waals surface area contributed by atoms with E-state index in [4.69, 9.17) is 9.16 Å². The van der Waals surface area contributed by atoms with E-state index >= 15 is 0 Å². The molecule has 0 radical (unpaired) electrons. The van der Waals surface area contributed by atoms with E-state index in [-0.39, 0.29) is 11.1 Å². The van der Waals surface area contributed by atoms with Gasteiger partial charge in [0.25, 0.3) is 8.32 Å². The van der Waals surface area contributed by atoms with Crippen LogP contribution in [0.3, 0.4) is 0 Å². The number of hydrogen-bond acceptors (Lipinski definition) is 2. The summed E-state index contributed by atoms with van der Waals surface area (Å²) in [4.78, 5) is 0. The Morgan fingerprint density at radius 2 is 0.955 bits per heavy atom. The van der Waals surface area contributed by atoms with Gasteiger partial charge in [-0.3, -0.25) is 0 Å². The summed E-state index contributed by atoms with van der Waals surface area (Å²) in [7, 11) is -2.72. The molecule has 0 aliphatic heterocycles. The monoisotopic (exact) mass is 594 g/mol. The molecule has 222 valence electrons. The summed E-state index contributed by atoms with van der Waals surface area (Å²) in [6.45, 7) is 7.51. The van der Waals surface area contributed by atoms with Crippen molar-refractivity contribution in [3.05, 3.63) is 180 Å². The number of allylic oxidation sites excluding steroid dienone is 1. The minimum Gasteiger partial charge on any atom is -0.401 e. The summed E-state index contributed by atoms with van der Waals surface area (Å²) in [6.07, 6.45) is 4.27. The maximum absolute atomic E-state index is 7.62. The Kier molecular flexibility index (Phi) is 8.81. The zero-order valence-corrected chi connectivity index (χ0v) is 27.0. The van der Waals surface area contributed by atoms with Gasteiger partial charge in [-0.05, 0) is 50.5 Å². The summed E-state index contributed by atoms with van der Waals surface area (Å²) < 4.78 is 14.9. The van der Waals surface area contributed by atoms with Crippen molar-refractivity contribution in [2.75, 3.05) is 6.61 Å². The van der Waals surface area contributed by atoms with Crippen LogP contribution in [0.5, 0.6) is 0 Å². The van der Waals surface area contributed by atoms with Gasteiger partial charge >= 0.3 is 0 Å². The highest BCUT2D eigenvalue weighted by molar-refractivity contribution is 6.99. The Balaban J connectivity index is 1.41. The van der Waals surface area contributed by atoms with Crippen molar-refractivity contribution in [2.24, 2.45) is 0 Å². The number of hydrogen-bond donors (Lipinski definition) is 0. The highest BCUT2D eigenvalue weighted by Crippen LogP contribution is 2.43. The molecule has 1 aliphatic carbocycles.